The summed E-state index contributed by atoms with van der Waals surface area (Å²) in [4.78, 5) is 0. The van der Waals surface area contributed by atoms with Crippen molar-refractivity contribution in [3.8, 4) is 33.4 Å². The van der Waals surface area contributed by atoms with Crippen molar-refractivity contribution >= 4 is 117 Å². The smallest absolute Gasteiger partial charge is 0.000839 e. The van der Waals surface area contributed by atoms with Crippen LogP contribution in [0.3, 0.4) is 0 Å². The summed E-state index contributed by atoms with van der Waals surface area (Å²) in [5.41, 5.74) is 7.57. The number of fused-ring (bicyclic) bond motifs is 2. The van der Waals surface area contributed by atoms with E-state index in [1.807, 2.05) is 0 Å². The van der Waals surface area contributed by atoms with E-state index < -0.39 is 31.7 Å². The molecule has 398 valence electrons. The first-order valence-corrected chi connectivity index (χ1v) is 34.0. The van der Waals surface area contributed by atoms with Crippen LogP contribution in [-0.2, 0) is 0 Å². The molecule has 0 aliphatic rings. The standard InChI is InChI=1S/C80H58P4/c1-9-32-61(33-10-1)81(62-34-11-2-12-35-62)75-52-30-29-50-71(75)72-55-53-60(57-77(72)83(65-40-17-5-18-41-65)66-42-19-6-20-43-66)74-58-78(84(67-44-21-7-22-45-67)68-46-23-8-24-47-68)80(73-51-28-27-49-70(73)74)79-69-48-26-25-31-59(69)54-56-76(79)82(63-36-13-3-14-37-63)64-38-15-4-16-39-64/h1-58H. The van der Waals surface area contributed by atoms with Gasteiger partial charge >= 0.3 is 0 Å². The molecule has 0 aliphatic carbocycles. The SMILES string of the molecule is c1ccc(P(c2ccccc2)c2ccccc2-c2ccc(-c3cc(P(c4ccccc4)c4ccccc4)c(-c4c(P(c5ccccc5)c5ccccc5)ccc5ccccc45)c4ccccc34)cc2P(c2ccccc2)c2ccccc2)cc1. The highest BCUT2D eigenvalue weighted by Crippen LogP contribution is 2.49. The molecular formula is C80H58P4. The predicted molar refractivity (Wildman–Crippen MR) is 373 cm³/mol. The van der Waals surface area contributed by atoms with Crippen molar-refractivity contribution in [3.63, 3.8) is 0 Å². The Hall–Kier alpha value is -8.68. The summed E-state index contributed by atoms with van der Waals surface area (Å²) in [6, 6.07) is 133. The summed E-state index contributed by atoms with van der Waals surface area (Å²) in [5.74, 6) is 0. The minimum atomic E-state index is -1.14. The first-order chi connectivity index (χ1) is 41.7. The average Bonchev–Trinajstić information content (AvgIpc) is 3.70. The van der Waals surface area contributed by atoms with E-state index in [1.165, 1.54) is 119 Å². The second-order valence-corrected chi connectivity index (χ2v) is 29.6. The van der Waals surface area contributed by atoms with Gasteiger partial charge in [0.25, 0.3) is 0 Å². The molecule has 14 rings (SSSR count). The first-order valence-electron chi connectivity index (χ1n) is 28.7. The fraction of sp³-hybridized carbons (Fsp3) is 0. The van der Waals surface area contributed by atoms with Gasteiger partial charge in [0, 0.05) is 0 Å². The van der Waals surface area contributed by atoms with Gasteiger partial charge in [-0.1, -0.05) is 340 Å². The Morgan fingerprint density at radius 2 is 0.488 bits per heavy atom. The van der Waals surface area contributed by atoms with Gasteiger partial charge in [0.2, 0.25) is 0 Å². The lowest BCUT2D eigenvalue weighted by Crippen LogP contribution is -2.26. The Morgan fingerprint density at radius 1 is 0.167 bits per heavy atom. The van der Waals surface area contributed by atoms with Gasteiger partial charge in [0.05, 0.1) is 0 Å². The molecule has 0 atom stereocenters. The van der Waals surface area contributed by atoms with Crippen molar-refractivity contribution in [1.82, 2.24) is 0 Å². The molecule has 14 aromatic rings. The van der Waals surface area contributed by atoms with Gasteiger partial charge in [-0.25, -0.2) is 0 Å². The Bertz CT molecular complexity index is 4370. The fourth-order valence-corrected chi connectivity index (χ4v) is 22.0. The zero-order valence-electron chi connectivity index (χ0n) is 46.3. The van der Waals surface area contributed by atoms with Gasteiger partial charge in [-0.3, -0.25) is 0 Å². The molecule has 0 N–H and O–H groups in total. The van der Waals surface area contributed by atoms with Crippen LogP contribution in [0.5, 0.6) is 0 Å². The van der Waals surface area contributed by atoms with Crippen LogP contribution in [0.4, 0.5) is 0 Å². The summed E-state index contributed by atoms with van der Waals surface area (Å²) < 4.78 is 0. The van der Waals surface area contributed by atoms with Crippen molar-refractivity contribution in [2.24, 2.45) is 0 Å². The summed E-state index contributed by atoms with van der Waals surface area (Å²) in [7, 11) is -4.17. The lowest BCUT2D eigenvalue weighted by atomic mass is 9.89. The maximum atomic E-state index is 2.63. The summed E-state index contributed by atoms with van der Waals surface area (Å²) >= 11 is 0. The van der Waals surface area contributed by atoms with Crippen molar-refractivity contribution in [3.05, 3.63) is 352 Å². The highest BCUT2D eigenvalue weighted by Gasteiger charge is 2.31. The second kappa shape index (κ2) is 24.6. The van der Waals surface area contributed by atoms with Crippen LogP contribution in [0.2, 0.25) is 0 Å². The van der Waals surface area contributed by atoms with Crippen LogP contribution in [0, 0.1) is 0 Å². The topological polar surface area (TPSA) is 0 Å². The van der Waals surface area contributed by atoms with Crippen molar-refractivity contribution in [2.45, 2.75) is 0 Å². The summed E-state index contributed by atoms with van der Waals surface area (Å²) in [6.07, 6.45) is 0. The molecule has 0 heterocycles. The van der Waals surface area contributed by atoms with Crippen molar-refractivity contribution in [1.29, 1.82) is 0 Å². The molecule has 0 bridgehead atoms. The molecule has 0 unspecified atom stereocenters. The van der Waals surface area contributed by atoms with E-state index in [4.69, 9.17) is 0 Å². The van der Waals surface area contributed by atoms with Gasteiger partial charge in [-0.15, -0.1) is 0 Å². The van der Waals surface area contributed by atoms with Crippen LogP contribution in [-0.4, -0.2) is 0 Å². The molecule has 0 aliphatic heterocycles. The molecule has 0 fully saturated rings. The van der Waals surface area contributed by atoms with E-state index in [2.05, 4.69) is 352 Å². The van der Waals surface area contributed by atoms with Crippen LogP contribution in [0.1, 0.15) is 0 Å². The minimum absolute atomic E-state index is 0.927. The highest BCUT2D eigenvalue weighted by molar-refractivity contribution is 7.81. The van der Waals surface area contributed by atoms with E-state index in [-0.39, 0.29) is 0 Å². The normalized spacial score (nSPS) is 11.5. The third-order valence-corrected chi connectivity index (χ3v) is 25.7. The molecule has 84 heavy (non-hydrogen) atoms. The van der Waals surface area contributed by atoms with Gasteiger partial charge < -0.3 is 0 Å². The van der Waals surface area contributed by atoms with Crippen molar-refractivity contribution in [2.75, 3.05) is 0 Å². The Balaban J connectivity index is 1.10. The van der Waals surface area contributed by atoms with E-state index in [1.54, 1.807) is 0 Å². The van der Waals surface area contributed by atoms with Crippen LogP contribution in [0.25, 0.3) is 54.9 Å². The predicted octanol–water partition coefficient (Wildman–Crippen LogP) is 16.0. The van der Waals surface area contributed by atoms with Crippen LogP contribution in [0.15, 0.2) is 352 Å². The monoisotopic (exact) mass is 1140 g/mol. The first kappa shape index (κ1) is 53.3. The maximum Gasteiger partial charge on any atom is -0.000839 e. The summed E-state index contributed by atoms with van der Waals surface area (Å²) in [6.45, 7) is 0. The number of benzene rings is 14. The molecular weight excluding hydrogens is 1080 g/mol. The lowest BCUT2D eigenvalue weighted by Gasteiger charge is -2.30. The molecule has 0 nitrogen and oxygen atoms in total. The molecule has 0 radical (unpaired) electrons. The second-order valence-electron chi connectivity index (χ2n) is 20.8. The Labute approximate surface area is 498 Å². The third kappa shape index (κ3) is 10.6. The van der Waals surface area contributed by atoms with Gasteiger partial charge in [-0.2, -0.15) is 0 Å². The molecule has 0 saturated carbocycles. The largest absolute Gasteiger partial charge is 0.0622 e. The quantitative estimate of drug-likeness (QED) is 0.0898. The molecule has 0 aromatic heterocycles. The zero-order chi connectivity index (χ0) is 56.0. The van der Waals surface area contributed by atoms with E-state index in [0.717, 1.165) is 0 Å². The number of hydrogen-bond donors (Lipinski definition) is 0. The zero-order valence-corrected chi connectivity index (χ0v) is 49.9. The van der Waals surface area contributed by atoms with Gasteiger partial charge in [0.1, 0.15) is 0 Å². The van der Waals surface area contributed by atoms with E-state index in [0.29, 0.717) is 0 Å². The minimum Gasteiger partial charge on any atom is -0.0622 e. The number of hydrogen-bond acceptors (Lipinski definition) is 0. The van der Waals surface area contributed by atoms with Crippen LogP contribution < -0.4 is 63.7 Å². The van der Waals surface area contributed by atoms with Crippen LogP contribution >= 0.6 is 31.7 Å². The molecule has 0 saturated heterocycles. The van der Waals surface area contributed by atoms with E-state index in [9.17, 15) is 0 Å². The molecule has 14 aromatic carbocycles. The maximum absolute atomic E-state index is 2.63. The molecule has 0 spiro atoms. The molecule has 0 amide bonds. The Kier molecular flexibility index (Phi) is 15.6. The fourth-order valence-electron chi connectivity index (χ4n) is 12.1. The van der Waals surface area contributed by atoms with E-state index >= 15 is 0 Å². The van der Waals surface area contributed by atoms with Crippen molar-refractivity contribution < 1.29 is 0 Å². The molecule has 4 heteroatoms. The number of rotatable bonds is 15. The highest BCUT2D eigenvalue weighted by atomic mass is 31.1. The average molecular weight is 1140 g/mol. The third-order valence-electron chi connectivity index (χ3n) is 15.8. The van der Waals surface area contributed by atoms with Gasteiger partial charge in [0.15, 0.2) is 0 Å². The summed E-state index contributed by atoms with van der Waals surface area (Å²) in [5, 5.41) is 20.9. The van der Waals surface area contributed by atoms with Gasteiger partial charge in [-0.05, 0) is 162 Å². The lowest BCUT2D eigenvalue weighted by molar-refractivity contribution is 1.65. The Morgan fingerprint density at radius 3 is 0.940 bits per heavy atom.